The highest BCUT2D eigenvalue weighted by Crippen LogP contribution is 2.23. The number of methoxy groups -OCH3 is 1. The van der Waals surface area contributed by atoms with Crippen molar-refractivity contribution >= 4 is 17.5 Å². The monoisotopic (exact) mass is 361 g/mol. The smallest absolute Gasteiger partial charge is 0.196 e. The first-order valence-electron chi connectivity index (χ1n) is 7.24. The summed E-state index contributed by atoms with van der Waals surface area (Å²) in [6, 6.07) is 10.4. The molecule has 0 atom stereocenters. The van der Waals surface area contributed by atoms with E-state index in [1.165, 1.54) is 12.4 Å². The van der Waals surface area contributed by atoms with Gasteiger partial charge in [-0.3, -0.25) is 9.36 Å². The van der Waals surface area contributed by atoms with E-state index < -0.39 is 11.6 Å². The normalized spacial score (nSPS) is 10.7. The number of aromatic nitrogens is 3. The zero-order valence-corrected chi connectivity index (χ0v) is 14.0. The van der Waals surface area contributed by atoms with E-state index in [1.807, 2.05) is 24.3 Å². The highest BCUT2D eigenvalue weighted by molar-refractivity contribution is 7.99. The van der Waals surface area contributed by atoms with Crippen molar-refractivity contribution in [1.29, 1.82) is 0 Å². The third-order valence-electron chi connectivity index (χ3n) is 3.42. The van der Waals surface area contributed by atoms with Crippen LogP contribution in [-0.2, 0) is 0 Å². The zero-order valence-electron chi connectivity index (χ0n) is 13.1. The number of hydrogen-bond donors (Lipinski definition) is 0. The van der Waals surface area contributed by atoms with Crippen LogP contribution in [0.15, 0.2) is 53.9 Å². The Morgan fingerprint density at radius 3 is 2.80 bits per heavy atom. The van der Waals surface area contributed by atoms with Crippen LogP contribution < -0.4 is 4.74 Å². The average Bonchev–Trinajstić information content (AvgIpc) is 3.10. The summed E-state index contributed by atoms with van der Waals surface area (Å²) < 4.78 is 33.1. The van der Waals surface area contributed by atoms with Crippen LogP contribution >= 0.6 is 11.8 Å². The van der Waals surface area contributed by atoms with Gasteiger partial charge in [-0.25, -0.2) is 8.78 Å². The molecule has 3 rings (SSSR count). The number of ether oxygens (including phenoxy) is 1. The molecule has 3 aromatic rings. The van der Waals surface area contributed by atoms with Gasteiger partial charge in [-0.1, -0.05) is 17.8 Å². The molecule has 25 heavy (non-hydrogen) atoms. The van der Waals surface area contributed by atoms with Gasteiger partial charge in [0.25, 0.3) is 0 Å². The SMILES string of the molecule is COc1cccc(-n2cnnc2SCC(=O)c2ccc(F)c(F)c2)c1. The van der Waals surface area contributed by atoms with Gasteiger partial charge in [0.2, 0.25) is 0 Å². The minimum Gasteiger partial charge on any atom is -0.497 e. The molecule has 0 aliphatic rings. The molecule has 0 spiro atoms. The van der Waals surface area contributed by atoms with Gasteiger partial charge in [-0.15, -0.1) is 10.2 Å². The third kappa shape index (κ3) is 3.85. The summed E-state index contributed by atoms with van der Waals surface area (Å²) in [5.41, 5.74) is 0.894. The second-order valence-electron chi connectivity index (χ2n) is 5.03. The first kappa shape index (κ1) is 17.1. The molecule has 1 aromatic heterocycles. The van der Waals surface area contributed by atoms with E-state index >= 15 is 0 Å². The number of thioether (sulfide) groups is 1. The Bertz CT molecular complexity index is 914. The molecule has 0 aliphatic heterocycles. The molecule has 0 bridgehead atoms. The van der Waals surface area contributed by atoms with Gasteiger partial charge in [0, 0.05) is 11.6 Å². The standard InChI is InChI=1S/C17H13F2N3O2S/c1-24-13-4-2-3-12(8-13)22-10-20-21-17(22)25-9-16(23)11-5-6-14(18)15(19)7-11/h2-8,10H,9H2,1H3. The van der Waals surface area contributed by atoms with Crippen molar-refractivity contribution in [2.24, 2.45) is 0 Å². The number of benzene rings is 2. The van der Waals surface area contributed by atoms with E-state index in [0.717, 1.165) is 29.6 Å². The van der Waals surface area contributed by atoms with Crippen LogP contribution in [0, 0.1) is 11.6 Å². The van der Waals surface area contributed by atoms with Crippen LogP contribution in [0.2, 0.25) is 0 Å². The fourth-order valence-electron chi connectivity index (χ4n) is 2.14. The predicted molar refractivity (Wildman–Crippen MR) is 89.3 cm³/mol. The summed E-state index contributed by atoms with van der Waals surface area (Å²) >= 11 is 1.16. The van der Waals surface area contributed by atoms with Crippen LogP contribution in [0.25, 0.3) is 5.69 Å². The van der Waals surface area contributed by atoms with E-state index in [2.05, 4.69) is 10.2 Å². The first-order valence-corrected chi connectivity index (χ1v) is 8.22. The molecule has 0 saturated carbocycles. The summed E-state index contributed by atoms with van der Waals surface area (Å²) in [5.74, 6) is -1.66. The van der Waals surface area contributed by atoms with E-state index in [0.29, 0.717) is 10.9 Å². The maximum Gasteiger partial charge on any atom is 0.196 e. The van der Waals surface area contributed by atoms with E-state index in [-0.39, 0.29) is 17.1 Å². The van der Waals surface area contributed by atoms with Crippen LogP contribution in [0.4, 0.5) is 8.78 Å². The van der Waals surface area contributed by atoms with Crippen molar-refractivity contribution in [1.82, 2.24) is 14.8 Å². The second kappa shape index (κ2) is 7.43. The van der Waals surface area contributed by atoms with E-state index in [1.54, 1.807) is 11.7 Å². The number of nitrogens with zero attached hydrogens (tertiary/aromatic N) is 3. The van der Waals surface area contributed by atoms with E-state index in [4.69, 9.17) is 4.74 Å². The van der Waals surface area contributed by atoms with Crippen molar-refractivity contribution in [3.63, 3.8) is 0 Å². The van der Waals surface area contributed by atoms with Crippen LogP contribution in [0.1, 0.15) is 10.4 Å². The van der Waals surface area contributed by atoms with Gasteiger partial charge in [0.1, 0.15) is 12.1 Å². The maximum atomic E-state index is 13.2. The molecule has 128 valence electrons. The Kier molecular flexibility index (Phi) is 5.08. The lowest BCUT2D eigenvalue weighted by atomic mass is 10.1. The molecule has 2 aromatic carbocycles. The molecule has 0 aliphatic carbocycles. The topological polar surface area (TPSA) is 57.0 Å². The lowest BCUT2D eigenvalue weighted by Crippen LogP contribution is -2.05. The largest absolute Gasteiger partial charge is 0.497 e. The average molecular weight is 361 g/mol. The Morgan fingerprint density at radius 2 is 2.04 bits per heavy atom. The fourth-order valence-corrected chi connectivity index (χ4v) is 2.97. The summed E-state index contributed by atoms with van der Waals surface area (Å²) in [6.45, 7) is 0. The Balaban J connectivity index is 1.75. The van der Waals surface area contributed by atoms with Gasteiger partial charge in [-0.05, 0) is 30.3 Å². The van der Waals surface area contributed by atoms with Gasteiger partial charge < -0.3 is 4.74 Å². The number of halogens is 2. The highest BCUT2D eigenvalue weighted by atomic mass is 32.2. The molecule has 0 N–H and O–H groups in total. The minimum absolute atomic E-state index is 0.0216. The van der Waals surface area contributed by atoms with Gasteiger partial charge in [0.15, 0.2) is 22.6 Å². The number of Topliss-reactive ketones (excluding diaryl/α,β-unsaturated/α-hetero) is 1. The number of hydrogen-bond acceptors (Lipinski definition) is 5. The van der Waals surface area contributed by atoms with Crippen molar-refractivity contribution in [3.8, 4) is 11.4 Å². The number of carbonyl (C=O) groups is 1. The van der Waals surface area contributed by atoms with Gasteiger partial charge >= 0.3 is 0 Å². The summed E-state index contributed by atoms with van der Waals surface area (Å²) in [7, 11) is 1.57. The quantitative estimate of drug-likeness (QED) is 0.497. The molecule has 0 saturated heterocycles. The van der Waals surface area contributed by atoms with E-state index in [9.17, 15) is 13.6 Å². The summed E-state index contributed by atoms with van der Waals surface area (Å²) in [6.07, 6.45) is 1.53. The van der Waals surface area contributed by atoms with Crippen LogP contribution in [0.3, 0.4) is 0 Å². The first-order chi connectivity index (χ1) is 12.1. The highest BCUT2D eigenvalue weighted by Gasteiger charge is 2.14. The van der Waals surface area contributed by atoms with Crippen LogP contribution in [-0.4, -0.2) is 33.4 Å². The molecule has 0 unspecified atom stereocenters. The molecular weight excluding hydrogens is 348 g/mol. The molecule has 0 fully saturated rings. The summed E-state index contributed by atoms with van der Waals surface area (Å²) in [4.78, 5) is 12.2. The van der Waals surface area contributed by atoms with Gasteiger partial charge in [0.05, 0.1) is 18.6 Å². The fraction of sp³-hybridized carbons (Fsp3) is 0.118. The Labute approximate surface area is 146 Å². The van der Waals surface area contributed by atoms with Crippen molar-refractivity contribution in [3.05, 3.63) is 66.0 Å². The molecule has 8 heteroatoms. The van der Waals surface area contributed by atoms with Crippen molar-refractivity contribution in [2.45, 2.75) is 5.16 Å². The minimum atomic E-state index is -1.05. The molecule has 5 nitrogen and oxygen atoms in total. The summed E-state index contributed by atoms with van der Waals surface area (Å²) in [5, 5.41) is 8.36. The third-order valence-corrected chi connectivity index (χ3v) is 4.36. The van der Waals surface area contributed by atoms with Crippen molar-refractivity contribution in [2.75, 3.05) is 12.9 Å². The number of ketones is 1. The molecule has 1 heterocycles. The number of rotatable bonds is 6. The van der Waals surface area contributed by atoms with Crippen LogP contribution in [0.5, 0.6) is 5.75 Å². The van der Waals surface area contributed by atoms with Gasteiger partial charge in [-0.2, -0.15) is 0 Å². The maximum absolute atomic E-state index is 13.2. The predicted octanol–water partition coefficient (Wildman–Crippen LogP) is 3.53. The number of carbonyl (C=O) groups excluding carboxylic acids is 1. The Hall–Kier alpha value is -2.74. The molecular formula is C17H13F2N3O2S. The lowest BCUT2D eigenvalue weighted by Gasteiger charge is -2.08. The zero-order chi connectivity index (χ0) is 17.8. The Morgan fingerprint density at radius 1 is 1.20 bits per heavy atom. The molecule has 0 amide bonds. The molecule has 0 radical (unpaired) electrons. The lowest BCUT2D eigenvalue weighted by molar-refractivity contribution is 0.102. The van der Waals surface area contributed by atoms with Crippen molar-refractivity contribution < 1.29 is 18.3 Å². The second-order valence-corrected chi connectivity index (χ2v) is 5.97.